The van der Waals surface area contributed by atoms with E-state index in [9.17, 15) is 0 Å². The van der Waals surface area contributed by atoms with Crippen molar-refractivity contribution in [1.29, 1.82) is 0 Å². The quantitative estimate of drug-likeness (QED) is 0.885. The number of anilines is 1. The van der Waals surface area contributed by atoms with E-state index in [2.05, 4.69) is 32.0 Å². The highest BCUT2D eigenvalue weighted by Gasteiger charge is 2.30. The van der Waals surface area contributed by atoms with E-state index in [-0.39, 0.29) is 0 Å². The van der Waals surface area contributed by atoms with Crippen LogP contribution in [0.4, 0.5) is 5.82 Å². The van der Waals surface area contributed by atoms with Crippen LogP contribution in [0.3, 0.4) is 0 Å². The van der Waals surface area contributed by atoms with Crippen LogP contribution in [0.1, 0.15) is 31.0 Å². The van der Waals surface area contributed by atoms with Gasteiger partial charge in [0.25, 0.3) is 0 Å². The molecular weight excluding hydrogens is 314 g/mol. The van der Waals surface area contributed by atoms with E-state index >= 15 is 0 Å². The summed E-state index contributed by atoms with van der Waals surface area (Å²) in [7, 11) is 0. The van der Waals surface area contributed by atoms with Gasteiger partial charge in [0.2, 0.25) is 0 Å². The molecule has 0 unspecified atom stereocenters. The highest BCUT2D eigenvalue weighted by atomic mass is 16.5. The van der Waals surface area contributed by atoms with Gasteiger partial charge in [-0.2, -0.15) is 0 Å². The summed E-state index contributed by atoms with van der Waals surface area (Å²) < 4.78 is 5.51. The molecule has 6 heteroatoms. The second-order valence-corrected chi connectivity index (χ2v) is 7.59. The van der Waals surface area contributed by atoms with E-state index < -0.39 is 0 Å². The summed E-state index contributed by atoms with van der Waals surface area (Å²) in [6.07, 6.45) is 6.36. The summed E-state index contributed by atoms with van der Waals surface area (Å²) in [4.78, 5) is 14.3. The Hall–Kier alpha value is -1.24. The molecule has 2 fully saturated rings. The first kappa shape index (κ1) is 17.2. The molecule has 0 amide bonds. The average Bonchev–Trinajstić information content (AvgIpc) is 2.94. The minimum Gasteiger partial charge on any atom is -0.379 e. The van der Waals surface area contributed by atoms with E-state index in [1.54, 1.807) is 6.33 Å². The van der Waals surface area contributed by atoms with Gasteiger partial charge in [0.05, 0.1) is 18.9 Å². The second kappa shape index (κ2) is 7.98. The Morgan fingerprint density at radius 2 is 1.84 bits per heavy atom. The SMILES string of the molecule is C[C@H](C1CCN(c2ncnc3c2CCNCC3)CC1)N1CCOCC1. The predicted octanol–water partition coefficient (Wildman–Crippen LogP) is 1.10. The van der Waals surface area contributed by atoms with Gasteiger partial charge in [0, 0.05) is 50.7 Å². The maximum absolute atomic E-state index is 5.51. The third kappa shape index (κ3) is 3.81. The fourth-order valence-electron chi connectivity index (χ4n) is 4.60. The Bertz CT molecular complexity index is 567. The Morgan fingerprint density at radius 1 is 1.08 bits per heavy atom. The molecule has 0 spiro atoms. The summed E-state index contributed by atoms with van der Waals surface area (Å²) in [6, 6.07) is 0.665. The van der Waals surface area contributed by atoms with Crippen molar-refractivity contribution in [3.63, 3.8) is 0 Å². The van der Waals surface area contributed by atoms with Crippen molar-refractivity contribution in [3.05, 3.63) is 17.6 Å². The first-order valence-electron chi connectivity index (χ1n) is 9.93. The monoisotopic (exact) mass is 345 g/mol. The Labute approximate surface area is 151 Å². The maximum Gasteiger partial charge on any atom is 0.135 e. The van der Waals surface area contributed by atoms with Crippen LogP contribution in [0.5, 0.6) is 0 Å². The summed E-state index contributed by atoms with van der Waals surface area (Å²) in [5.41, 5.74) is 2.63. The fourth-order valence-corrected chi connectivity index (χ4v) is 4.60. The molecule has 0 aromatic carbocycles. The fraction of sp³-hybridized carbons (Fsp3) is 0.789. The molecule has 4 heterocycles. The molecule has 4 rings (SSSR count). The number of morpholine rings is 1. The number of hydrogen-bond acceptors (Lipinski definition) is 6. The Morgan fingerprint density at radius 3 is 2.64 bits per heavy atom. The molecule has 3 aliphatic heterocycles. The number of fused-ring (bicyclic) bond motifs is 1. The smallest absolute Gasteiger partial charge is 0.135 e. The largest absolute Gasteiger partial charge is 0.379 e. The normalized spacial score (nSPS) is 24.6. The lowest BCUT2D eigenvalue weighted by Crippen LogP contribution is -2.48. The van der Waals surface area contributed by atoms with Crippen LogP contribution in [-0.2, 0) is 17.6 Å². The van der Waals surface area contributed by atoms with E-state index in [0.717, 1.165) is 71.2 Å². The van der Waals surface area contributed by atoms with Crippen LogP contribution in [0, 0.1) is 5.92 Å². The van der Waals surface area contributed by atoms with E-state index in [1.807, 2.05) is 0 Å². The zero-order chi connectivity index (χ0) is 17.1. The molecule has 0 aliphatic carbocycles. The van der Waals surface area contributed by atoms with Gasteiger partial charge in [-0.05, 0) is 38.6 Å². The van der Waals surface area contributed by atoms with Crippen LogP contribution < -0.4 is 10.2 Å². The minimum atomic E-state index is 0.665. The molecule has 2 saturated heterocycles. The lowest BCUT2D eigenvalue weighted by Gasteiger charge is -2.41. The molecule has 1 N–H and O–H groups in total. The summed E-state index contributed by atoms with van der Waals surface area (Å²) in [5.74, 6) is 1.99. The lowest BCUT2D eigenvalue weighted by molar-refractivity contribution is 0.00447. The van der Waals surface area contributed by atoms with Crippen LogP contribution >= 0.6 is 0 Å². The van der Waals surface area contributed by atoms with Crippen molar-refractivity contribution in [2.24, 2.45) is 5.92 Å². The van der Waals surface area contributed by atoms with Crippen molar-refractivity contribution in [2.75, 3.05) is 57.4 Å². The van der Waals surface area contributed by atoms with Crippen molar-refractivity contribution in [1.82, 2.24) is 20.2 Å². The van der Waals surface area contributed by atoms with Crippen LogP contribution in [-0.4, -0.2) is 73.4 Å². The number of hydrogen-bond donors (Lipinski definition) is 1. The van der Waals surface area contributed by atoms with Gasteiger partial charge in [-0.25, -0.2) is 9.97 Å². The summed E-state index contributed by atoms with van der Waals surface area (Å²) >= 11 is 0. The van der Waals surface area contributed by atoms with E-state index in [1.165, 1.54) is 29.9 Å². The number of rotatable bonds is 3. The third-order valence-corrected chi connectivity index (χ3v) is 6.25. The number of piperidine rings is 1. The number of nitrogens with zero attached hydrogens (tertiary/aromatic N) is 4. The van der Waals surface area contributed by atoms with Crippen molar-refractivity contribution in [3.8, 4) is 0 Å². The van der Waals surface area contributed by atoms with E-state index in [4.69, 9.17) is 4.74 Å². The van der Waals surface area contributed by atoms with Crippen LogP contribution in [0.15, 0.2) is 6.33 Å². The molecule has 138 valence electrons. The first-order chi connectivity index (χ1) is 12.3. The van der Waals surface area contributed by atoms with E-state index in [0.29, 0.717) is 6.04 Å². The average molecular weight is 345 g/mol. The standard InChI is InChI=1S/C19H31N5O/c1-15(23-10-12-25-13-11-23)16-4-8-24(9-5-16)19-17-2-6-20-7-3-18(17)21-14-22-19/h14-16,20H,2-13H2,1H3/t15-/m1/s1. The van der Waals surface area contributed by atoms with Gasteiger partial charge in [0.15, 0.2) is 0 Å². The van der Waals surface area contributed by atoms with Gasteiger partial charge in [-0.1, -0.05) is 0 Å². The number of aromatic nitrogens is 2. The molecule has 0 bridgehead atoms. The molecule has 0 saturated carbocycles. The molecule has 1 atom stereocenters. The summed E-state index contributed by atoms with van der Waals surface area (Å²) in [6.45, 7) is 10.7. The highest BCUT2D eigenvalue weighted by molar-refractivity contribution is 5.49. The predicted molar refractivity (Wildman–Crippen MR) is 99.1 cm³/mol. The third-order valence-electron chi connectivity index (χ3n) is 6.25. The molecule has 0 radical (unpaired) electrons. The van der Waals surface area contributed by atoms with Gasteiger partial charge < -0.3 is 15.0 Å². The lowest BCUT2D eigenvalue weighted by atomic mass is 9.89. The van der Waals surface area contributed by atoms with Crippen LogP contribution in [0.25, 0.3) is 0 Å². The minimum absolute atomic E-state index is 0.665. The molecular formula is C19H31N5O. The van der Waals surface area contributed by atoms with Crippen LogP contribution in [0.2, 0.25) is 0 Å². The van der Waals surface area contributed by atoms with Crippen molar-refractivity contribution < 1.29 is 4.74 Å². The number of nitrogens with one attached hydrogen (secondary N) is 1. The zero-order valence-corrected chi connectivity index (χ0v) is 15.4. The first-order valence-corrected chi connectivity index (χ1v) is 9.93. The second-order valence-electron chi connectivity index (χ2n) is 7.59. The zero-order valence-electron chi connectivity index (χ0n) is 15.4. The number of ether oxygens (including phenoxy) is 1. The van der Waals surface area contributed by atoms with Crippen molar-refractivity contribution >= 4 is 5.82 Å². The maximum atomic E-state index is 5.51. The highest BCUT2D eigenvalue weighted by Crippen LogP contribution is 2.29. The Balaban J connectivity index is 1.40. The molecule has 6 nitrogen and oxygen atoms in total. The van der Waals surface area contributed by atoms with Gasteiger partial charge in [0.1, 0.15) is 12.1 Å². The summed E-state index contributed by atoms with van der Waals surface area (Å²) in [5, 5.41) is 3.48. The topological polar surface area (TPSA) is 53.5 Å². The van der Waals surface area contributed by atoms with Gasteiger partial charge in [-0.3, -0.25) is 4.90 Å². The Kier molecular flexibility index (Phi) is 5.48. The van der Waals surface area contributed by atoms with Crippen molar-refractivity contribution in [2.45, 2.75) is 38.6 Å². The van der Waals surface area contributed by atoms with Gasteiger partial charge >= 0.3 is 0 Å². The molecule has 25 heavy (non-hydrogen) atoms. The molecule has 1 aromatic heterocycles. The molecule has 3 aliphatic rings. The molecule has 1 aromatic rings. The van der Waals surface area contributed by atoms with Gasteiger partial charge in [-0.15, -0.1) is 0 Å².